The van der Waals surface area contributed by atoms with Gasteiger partial charge in [0, 0.05) is 19.6 Å². The Kier molecular flexibility index (Phi) is 4.68. The van der Waals surface area contributed by atoms with Crippen LogP contribution < -0.4 is 5.32 Å². The maximum Gasteiger partial charge on any atom is 0.255 e. The zero-order valence-corrected chi connectivity index (χ0v) is 13.5. The molecule has 6 heteroatoms. The van der Waals surface area contributed by atoms with Crippen molar-refractivity contribution in [3.05, 3.63) is 29.8 Å². The summed E-state index contributed by atoms with van der Waals surface area (Å²) in [4.78, 5) is 14.4. The quantitative estimate of drug-likeness (QED) is 0.910. The van der Waals surface area contributed by atoms with E-state index < -0.39 is 15.1 Å². The number of hydrogen-bond acceptors (Lipinski definition) is 4. The number of carbonyl (C=O) groups is 1. The lowest BCUT2D eigenvalue weighted by Crippen LogP contribution is -2.39. The third-order valence-electron chi connectivity index (χ3n) is 3.95. The summed E-state index contributed by atoms with van der Waals surface area (Å²) in [6.45, 7) is 4.89. The highest BCUT2D eigenvalue weighted by molar-refractivity contribution is 7.92. The van der Waals surface area contributed by atoms with Crippen LogP contribution in [0.2, 0.25) is 0 Å². The van der Waals surface area contributed by atoms with Crippen LogP contribution in [0.3, 0.4) is 0 Å². The summed E-state index contributed by atoms with van der Waals surface area (Å²) < 4.78 is 24.8. The number of nitrogens with one attached hydrogen (secondary N) is 1. The van der Waals surface area contributed by atoms with Crippen LogP contribution in [0, 0.1) is 0 Å². The molecule has 0 saturated carbocycles. The average molecular weight is 310 g/mol. The normalized spacial score (nSPS) is 19.0. The minimum Gasteiger partial charge on any atom is -0.337 e. The van der Waals surface area contributed by atoms with E-state index in [1.165, 1.54) is 6.07 Å². The molecular weight excluding hydrogens is 288 g/mol. The molecule has 1 aromatic carbocycles. The molecule has 1 aliphatic rings. The SMILES string of the molecule is CC(C)S(=O)(=O)c1ccccc1C(=O)N(C)[C@H]1CCNC1. The molecule has 1 amide bonds. The van der Waals surface area contributed by atoms with Crippen LogP contribution in [0.25, 0.3) is 0 Å². The van der Waals surface area contributed by atoms with Gasteiger partial charge in [-0.15, -0.1) is 0 Å². The molecule has 0 bridgehead atoms. The monoisotopic (exact) mass is 310 g/mol. The molecule has 5 nitrogen and oxygen atoms in total. The number of amides is 1. The Labute approximate surface area is 126 Å². The number of likely N-dealkylation sites (N-methyl/N-ethyl adjacent to an activating group) is 1. The van der Waals surface area contributed by atoms with Crippen molar-refractivity contribution < 1.29 is 13.2 Å². The number of carbonyl (C=O) groups excluding carboxylic acids is 1. The van der Waals surface area contributed by atoms with E-state index in [1.807, 2.05) is 0 Å². The maximum absolute atomic E-state index is 12.7. The van der Waals surface area contributed by atoms with Crippen molar-refractivity contribution in [1.82, 2.24) is 10.2 Å². The predicted molar refractivity (Wildman–Crippen MR) is 82.1 cm³/mol. The van der Waals surface area contributed by atoms with Crippen LogP contribution in [-0.2, 0) is 9.84 Å². The lowest BCUT2D eigenvalue weighted by molar-refractivity contribution is 0.0740. The second-order valence-corrected chi connectivity index (χ2v) is 8.13. The van der Waals surface area contributed by atoms with Crippen LogP contribution >= 0.6 is 0 Å². The van der Waals surface area contributed by atoms with Gasteiger partial charge in [-0.3, -0.25) is 4.79 Å². The number of sulfone groups is 1. The number of benzene rings is 1. The first-order valence-corrected chi connectivity index (χ1v) is 8.71. The molecule has 1 aliphatic heterocycles. The minimum absolute atomic E-state index is 0.118. The van der Waals surface area contributed by atoms with Crippen molar-refractivity contribution >= 4 is 15.7 Å². The Morgan fingerprint density at radius 1 is 1.33 bits per heavy atom. The van der Waals surface area contributed by atoms with Gasteiger partial charge in [0.2, 0.25) is 0 Å². The third kappa shape index (κ3) is 3.11. The molecule has 1 N–H and O–H groups in total. The zero-order valence-electron chi connectivity index (χ0n) is 12.7. The average Bonchev–Trinajstić information content (AvgIpc) is 2.99. The molecule has 1 aromatic rings. The van der Waals surface area contributed by atoms with Crippen molar-refractivity contribution in [3.63, 3.8) is 0 Å². The highest BCUT2D eigenvalue weighted by Gasteiger charge is 2.29. The summed E-state index contributed by atoms with van der Waals surface area (Å²) in [5.74, 6) is -0.233. The van der Waals surface area contributed by atoms with Gasteiger partial charge in [-0.05, 0) is 38.9 Å². The summed E-state index contributed by atoms with van der Waals surface area (Å²) in [5, 5.41) is 2.66. The highest BCUT2D eigenvalue weighted by atomic mass is 32.2. The maximum atomic E-state index is 12.7. The van der Waals surface area contributed by atoms with Gasteiger partial charge in [0.1, 0.15) is 0 Å². The first kappa shape index (κ1) is 16.0. The van der Waals surface area contributed by atoms with Gasteiger partial charge >= 0.3 is 0 Å². The van der Waals surface area contributed by atoms with Crippen LogP contribution in [0.1, 0.15) is 30.6 Å². The van der Waals surface area contributed by atoms with Crippen molar-refractivity contribution in [2.75, 3.05) is 20.1 Å². The predicted octanol–water partition coefficient (Wildman–Crippen LogP) is 1.30. The third-order valence-corrected chi connectivity index (χ3v) is 6.16. The first-order valence-electron chi connectivity index (χ1n) is 7.16. The van der Waals surface area contributed by atoms with Gasteiger partial charge in [0.15, 0.2) is 9.84 Å². The molecule has 116 valence electrons. The van der Waals surface area contributed by atoms with Crippen LogP contribution in [0.5, 0.6) is 0 Å². The van der Waals surface area contributed by atoms with Crippen molar-refractivity contribution in [2.24, 2.45) is 0 Å². The highest BCUT2D eigenvalue weighted by Crippen LogP contribution is 2.22. The summed E-state index contributed by atoms with van der Waals surface area (Å²) in [7, 11) is -1.74. The van der Waals surface area contributed by atoms with E-state index >= 15 is 0 Å². The molecule has 21 heavy (non-hydrogen) atoms. The summed E-state index contributed by atoms with van der Waals surface area (Å²) in [5.41, 5.74) is 0.264. The Morgan fingerprint density at radius 3 is 2.57 bits per heavy atom. The molecule has 0 aliphatic carbocycles. The van der Waals surface area contributed by atoms with Crippen molar-refractivity contribution in [2.45, 2.75) is 36.5 Å². The Balaban J connectivity index is 2.38. The van der Waals surface area contributed by atoms with E-state index in [4.69, 9.17) is 0 Å². The molecule has 2 rings (SSSR count). The zero-order chi connectivity index (χ0) is 15.6. The van der Waals surface area contributed by atoms with E-state index in [0.29, 0.717) is 0 Å². The number of nitrogens with zero attached hydrogens (tertiary/aromatic N) is 1. The lowest BCUT2D eigenvalue weighted by Gasteiger charge is -2.25. The van der Waals surface area contributed by atoms with Crippen molar-refractivity contribution in [1.29, 1.82) is 0 Å². The summed E-state index contributed by atoms with van der Waals surface area (Å²) in [6, 6.07) is 6.59. The molecule has 0 spiro atoms. The van der Waals surface area contributed by atoms with Gasteiger partial charge in [0.25, 0.3) is 5.91 Å². The van der Waals surface area contributed by atoms with Crippen molar-refractivity contribution in [3.8, 4) is 0 Å². The van der Waals surface area contributed by atoms with E-state index in [1.54, 1.807) is 44.0 Å². The Bertz CT molecular complexity index is 620. The smallest absolute Gasteiger partial charge is 0.255 e. The minimum atomic E-state index is -3.47. The fraction of sp³-hybridized carbons (Fsp3) is 0.533. The number of rotatable bonds is 4. The second-order valence-electron chi connectivity index (χ2n) is 5.65. The second kappa shape index (κ2) is 6.15. The fourth-order valence-corrected chi connectivity index (χ4v) is 3.71. The van der Waals surface area contributed by atoms with E-state index in [-0.39, 0.29) is 22.4 Å². The van der Waals surface area contributed by atoms with Crippen LogP contribution in [-0.4, -0.2) is 50.7 Å². The molecule has 1 fully saturated rings. The van der Waals surface area contributed by atoms with Gasteiger partial charge in [-0.25, -0.2) is 8.42 Å². The standard InChI is InChI=1S/C15H22N2O3S/c1-11(2)21(19,20)14-7-5-4-6-13(14)15(18)17(3)12-8-9-16-10-12/h4-7,11-12,16H,8-10H2,1-3H3/t12-/m0/s1. The van der Waals surface area contributed by atoms with E-state index in [2.05, 4.69) is 5.32 Å². The van der Waals surface area contributed by atoms with Gasteiger partial charge in [-0.2, -0.15) is 0 Å². The number of hydrogen-bond donors (Lipinski definition) is 1. The van der Waals surface area contributed by atoms with Crippen LogP contribution in [0.4, 0.5) is 0 Å². The Morgan fingerprint density at radius 2 is 2.00 bits per heavy atom. The molecule has 1 atom stereocenters. The molecule has 0 unspecified atom stereocenters. The van der Waals surface area contributed by atoms with E-state index in [0.717, 1.165) is 19.5 Å². The first-order chi connectivity index (χ1) is 9.85. The molecule has 0 aromatic heterocycles. The Hall–Kier alpha value is -1.40. The topological polar surface area (TPSA) is 66.5 Å². The van der Waals surface area contributed by atoms with E-state index in [9.17, 15) is 13.2 Å². The lowest BCUT2D eigenvalue weighted by atomic mass is 10.1. The van der Waals surface area contributed by atoms with Crippen LogP contribution in [0.15, 0.2) is 29.2 Å². The molecule has 1 heterocycles. The molecule has 1 saturated heterocycles. The van der Waals surface area contributed by atoms with Gasteiger partial charge in [0.05, 0.1) is 15.7 Å². The summed E-state index contributed by atoms with van der Waals surface area (Å²) in [6.07, 6.45) is 0.890. The van der Waals surface area contributed by atoms with Gasteiger partial charge in [-0.1, -0.05) is 12.1 Å². The molecule has 0 radical (unpaired) electrons. The largest absolute Gasteiger partial charge is 0.337 e. The fourth-order valence-electron chi connectivity index (χ4n) is 2.47. The van der Waals surface area contributed by atoms with Gasteiger partial charge < -0.3 is 10.2 Å². The molecular formula is C15H22N2O3S. The summed E-state index contributed by atoms with van der Waals surface area (Å²) >= 11 is 0.